The number of benzene rings is 3. The molecule has 160 valence electrons. The number of sulfonamides is 1. The average molecular weight is 436 g/mol. The fourth-order valence-electron chi connectivity index (χ4n) is 2.94. The van der Waals surface area contributed by atoms with Crippen molar-refractivity contribution in [1.82, 2.24) is 5.43 Å². The fraction of sp³-hybridized carbons (Fsp3) is 0.167. The highest BCUT2D eigenvalue weighted by Crippen LogP contribution is 2.23. The van der Waals surface area contributed by atoms with Gasteiger partial charge in [-0.05, 0) is 41.3 Å². The highest BCUT2D eigenvalue weighted by Gasteiger charge is 2.26. The smallest absolute Gasteiger partial charge is 0.264 e. The monoisotopic (exact) mass is 435 g/mol. The summed E-state index contributed by atoms with van der Waals surface area (Å²) < 4.78 is 27.4. The number of amides is 1. The van der Waals surface area contributed by atoms with E-state index in [1.165, 1.54) is 23.9 Å². The number of carbonyl (C=O) groups excluding carboxylic acids is 1. The maximum atomic E-state index is 13.2. The van der Waals surface area contributed by atoms with Crippen LogP contribution in [0, 0.1) is 0 Å². The molecule has 0 saturated carbocycles. The van der Waals surface area contributed by atoms with Crippen molar-refractivity contribution >= 4 is 27.8 Å². The van der Waals surface area contributed by atoms with Gasteiger partial charge in [-0.3, -0.25) is 9.10 Å². The predicted molar refractivity (Wildman–Crippen MR) is 124 cm³/mol. The molecule has 0 radical (unpaired) electrons. The first-order chi connectivity index (χ1) is 14.9. The number of hydrazone groups is 1. The standard InChI is InChI=1S/C24H25N3O3S/c1-19(2)21-15-13-20(14-16-21)17-25-26-24(28)18-27(22-9-5-3-6-10-22)31(29,30)23-11-7-4-8-12-23/h3-17,19H,18H2,1-2H3,(H,26,28)/b25-17-. The molecular weight excluding hydrogens is 410 g/mol. The van der Waals surface area contributed by atoms with Gasteiger partial charge in [-0.2, -0.15) is 5.10 Å². The third-order valence-corrected chi connectivity index (χ3v) is 6.46. The third-order valence-electron chi connectivity index (χ3n) is 4.67. The van der Waals surface area contributed by atoms with Crippen molar-refractivity contribution in [2.24, 2.45) is 5.10 Å². The van der Waals surface area contributed by atoms with Crippen LogP contribution in [0.3, 0.4) is 0 Å². The lowest BCUT2D eigenvalue weighted by Gasteiger charge is -2.23. The van der Waals surface area contributed by atoms with Gasteiger partial charge in [0.05, 0.1) is 16.8 Å². The zero-order chi connectivity index (χ0) is 22.3. The molecule has 3 rings (SSSR count). The molecule has 0 bridgehead atoms. The van der Waals surface area contributed by atoms with E-state index in [1.54, 1.807) is 48.5 Å². The summed E-state index contributed by atoms with van der Waals surface area (Å²) in [6.07, 6.45) is 1.53. The van der Waals surface area contributed by atoms with Crippen LogP contribution in [0.4, 0.5) is 5.69 Å². The summed E-state index contributed by atoms with van der Waals surface area (Å²) in [5.74, 6) is -0.111. The van der Waals surface area contributed by atoms with Crippen molar-refractivity contribution < 1.29 is 13.2 Å². The number of rotatable bonds is 8. The van der Waals surface area contributed by atoms with Gasteiger partial charge in [-0.1, -0.05) is 74.5 Å². The first-order valence-corrected chi connectivity index (χ1v) is 11.4. The number of para-hydroxylation sites is 1. The SMILES string of the molecule is CC(C)c1ccc(/C=N\NC(=O)CN(c2ccccc2)S(=O)(=O)c2ccccc2)cc1. The number of carbonyl (C=O) groups is 1. The van der Waals surface area contributed by atoms with Crippen LogP contribution in [0.25, 0.3) is 0 Å². The van der Waals surface area contributed by atoms with Crippen molar-refractivity contribution in [3.63, 3.8) is 0 Å². The Balaban J connectivity index is 1.75. The molecule has 0 heterocycles. The van der Waals surface area contributed by atoms with E-state index in [0.29, 0.717) is 11.6 Å². The number of nitrogens with zero attached hydrogens (tertiary/aromatic N) is 2. The van der Waals surface area contributed by atoms with E-state index in [9.17, 15) is 13.2 Å². The average Bonchev–Trinajstić information content (AvgIpc) is 2.79. The van der Waals surface area contributed by atoms with Crippen LogP contribution in [-0.2, 0) is 14.8 Å². The second-order valence-corrected chi connectivity index (χ2v) is 9.14. The first kappa shape index (κ1) is 22.2. The summed E-state index contributed by atoms with van der Waals surface area (Å²) in [7, 11) is -3.92. The zero-order valence-corrected chi connectivity index (χ0v) is 18.3. The normalized spacial score (nSPS) is 11.6. The molecule has 0 spiro atoms. The number of hydrogen-bond donors (Lipinski definition) is 1. The van der Waals surface area contributed by atoms with E-state index in [1.807, 2.05) is 24.3 Å². The summed E-state index contributed by atoms with van der Waals surface area (Å²) >= 11 is 0. The van der Waals surface area contributed by atoms with E-state index < -0.39 is 22.5 Å². The second kappa shape index (κ2) is 10.0. The number of hydrogen-bond acceptors (Lipinski definition) is 4. The Hall–Kier alpha value is -3.45. The van der Waals surface area contributed by atoms with E-state index in [0.717, 1.165) is 9.87 Å². The Morgan fingerprint density at radius 2 is 1.52 bits per heavy atom. The largest absolute Gasteiger partial charge is 0.271 e. The fourth-order valence-corrected chi connectivity index (χ4v) is 4.38. The Morgan fingerprint density at radius 1 is 0.935 bits per heavy atom. The maximum Gasteiger partial charge on any atom is 0.264 e. The third kappa shape index (κ3) is 5.79. The lowest BCUT2D eigenvalue weighted by molar-refractivity contribution is -0.119. The topological polar surface area (TPSA) is 78.8 Å². The molecule has 0 aliphatic rings. The molecular formula is C24H25N3O3S. The van der Waals surface area contributed by atoms with E-state index in [4.69, 9.17) is 0 Å². The minimum absolute atomic E-state index is 0.111. The van der Waals surface area contributed by atoms with Gasteiger partial charge in [0, 0.05) is 0 Å². The highest BCUT2D eigenvalue weighted by atomic mass is 32.2. The van der Waals surface area contributed by atoms with Crippen LogP contribution < -0.4 is 9.73 Å². The molecule has 0 saturated heterocycles. The molecule has 0 atom stereocenters. The molecule has 1 amide bonds. The van der Waals surface area contributed by atoms with Crippen LogP contribution in [0.1, 0.15) is 30.9 Å². The van der Waals surface area contributed by atoms with Crippen LogP contribution in [0.5, 0.6) is 0 Å². The Labute approximate surface area is 183 Å². The molecule has 0 aromatic heterocycles. The van der Waals surface area contributed by atoms with Crippen LogP contribution in [-0.4, -0.2) is 27.1 Å². The Kier molecular flexibility index (Phi) is 7.20. The van der Waals surface area contributed by atoms with Crippen molar-refractivity contribution in [2.75, 3.05) is 10.8 Å². The molecule has 0 fully saturated rings. The Bertz CT molecular complexity index is 1130. The first-order valence-electron chi connectivity index (χ1n) is 9.92. The van der Waals surface area contributed by atoms with Crippen molar-refractivity contribution in [3.05, 3.63) is 96.1 Å². The van der Waals surface area contributed by atoms with Gasteiger partial charge in [-0.25, -0.2) is 13.8 Å². The predicted octanol–water partition coefficient (Wildman–Crippen LogP) is 4.16. The molecule has 1 N–H and O–H groups in total. The van der Waals surface area contributed by atoms with Gasteiger partial charge in [0.2, 0.25) is 0 Å². The molecule has 3 aromatic carbocycles. The van der Waals surface area contributed by atoms with Crippen LogP contribution in [0.2, 0.25) is 0 Å². The van der Waals surface area contributed by atoms with Gasteiger partial charge < -0.3 is 0 Å². The molecule has 0 aliphatic carbocycles. The van der Waals surface area contributed by atoms with Gasteiger partial charge in [0.15, 0.2) is 0 Å². The summed E-state index contributed by atoms with van der Waals surface area (Å²) in [5, 5.41) is 3.97. The summed E-state index contributed by atoms with van der Waals surface area (Å²) in [6.45, 7) is 3.83. The van der Waals surface area contributed by atoms with Crippen molar-refractivity contribution in [2.45, 2.75) is 24.7 Å². The molecule has 3 aromatic rings. The van der Waals surface area contributed by atoms with Gasteiger partial charge in [0.1, 0.15) is 6.54 Å². The molecule has 0 unspecified atom stereocenters. The molecule has 0 aliphatic heterocycles. The summed E-state index contributed by atoms with van der Waals surface area (Å²) in [4.78, 5) is 12.6. The highest BCUT2D eigenvalue weighted by molar-refractivity contribution is 7.92. The zero-order valence-electron chi connectivity index (χ0n) is 17.5. The van der Waals surface area contributed by atoms with E-state index in [-0.39, 0.29) is 4.90 Å². The van der Waals surface area contributed by atoms with Gasteiger partial charge in [0.25, 0.3) is 15.9 Å². The van der Waals surface area contributed by atoms with Crippen molar-refractivity contribution in [1.29, 1.82) is 0 Å². The van der Waals surface area contributed by atoms with E-state index >= 15 is 0 Å². The summed E-state index contributed by atoms with van der Waals surface area (Å²) in [6, 6.07) is 24.4. The lowest BCUT2D eigenvalue weighted by Crippen LogP contribution is -2.39. The molecule has 7 heteroatoms. The summed E-state index contributed by atoms with van der Waals surface area (Å²) in [5.41, 5.74) is 4.86. The molecule has 31 heavy (non-hydrogen) atoms. The minimum atomic E-state index is -3.92. The van der Waals surface area contributed by atoms with Gasteiger partial charge in [-0.15, -0.1) is 0 Å². The minimum Gasteiger partial charge on any atom is -0.271 e. The van der Waals surface area contributed by atoms with Crippen molar-refractivity contribution in [3.8, 4) is 0 Å². The second-order valence-electron chi connectivity index (χ2n) is 7.27. The van der Waals surface area contributed by atoms with E-state index in [2.05, 4.69) is 24.4 Å². The number of anilines is 1. The lowest BCUT2D eigenvalue weighted by atomic mass is 10.0. The van der Waals surface area contributed by atoms with Crippen LogP contribution >= 0.6 is 0 Å². The van der Waals surface area contributed by atoms with Crippen LogP contribution in [0.15, 0.2) is 94.9 Å². The number of nitrogens with one attached hydrogen (secondary N) is 1. The Morgan fingerprint density at radius 3 is 2.10 bits per heavy atom. The maximum absolute atomic E-state index is 13.2. The quantitative estimate of drug-likeness (QED) is 0.426. The molecule has 6 nitrogen and oxygen atoms in total. The van der Waals surface area contributed by atoms with Gasteiger partial charge >= 0.3 is 0 Å².